The lowest BCUT2D eigenvalue weighted by atomic mass is 10.2. The molecule has 0 aliphatic rings. The van der Waals surface area contributed by atoms with Gasteiger partial charge in [-0.2, -0.15) is 0 Å². The molecule has 1 N–H and O–H groups in total. The highest BCUT2D eigenvalue weighted by Gasteiger charge is 2.23. The average Bonchev–Trinajstić information content (AvgIpc) is 2.19. The van der Waals surface area contributed by atoms with Crippen molar-refractivity contribution in [1.82, 2.24) is 10.2 Å². The van der Waals surface area contributed by atoms with Gasteiger partial charge in [-0.15, -0.1) is 0 Å². The summed E-state index contributed by atoms with van der Waals surface area (Å²) in [6.45, 7) is 7.92. The molecule has 0 aromatic carbocycles. The Kier molecular flexibility index (Phi) is 6.40. The molecule has 0 radical (unpaired) electrons. The Bertz CT molecular complexity index is 196. The molecule has 0 aromatic heterocycles. The first kappa shape index (κ1) is 14.3. The summed E-state index contributed by atoms with van der Waals surface area (Å²) < 4.78 is 24.5. The highest BCUT2D eigenvalue weighted by Crippen LogP contribution is 2.02. The van der Waals surface area contributed by atoms with E-state index in [1.165, 1.54) is 6.92 Å². The van der Waals surface area contributed by atoms with Crippen molar-refractivity contribution < 1.29 is 13.6 Å². The highest BCUT2D eigenvalue weighted by atomic mass is 19.3. The molecule has 1 amide bonds. The van der Waals surface area contributed by atoms with Crippen LogP contribution in [0.15, 0.2) is 0 Å². The molecule has 0 saturated carbocycles. The van der Waals surface area contributed by atoms with E-state index in [-0.39, 0.29) is 5.91 Å². The van der Waals surface area contributed by atoms with Crippen LogP contribution in [0.4, 0.5) is 8.78 Å². The number of likely N-dealkylation sites (N-methyl/N-ethyl adjacent to an activating group) is 1. The maximum absolute atomic E-state index is 12.2. The number of halogens is 2. The first-order chi connectivity index (χ1) is 6.93. The maximum Gasteiger partial charge on any atom is 0.253 e. The Hall–Kier alpha value is -0.710. The molecule has 0 saturated heterocycles. The summed E-state index contributed by atoms with van der Waals surface area (Å²) in [6, 6.07) is -1.52. The fourth-order valence-electron chi connectivity index (χ4n) is 1.35. The van der Waals surface area contributed by atoms with Crippen molar-refractivity contribution in [1.29, 1.82) is 0 Å². The van der Waals surface area contributed by atoms with Crippen LogP contribution in [-0.4, -0.2) is 42.4 Å². The summed E-state index contributed by atoms with van der Waals surface area (Å²) in [5.74, 6) is -0.132. The minimum atomic E-state index is -2.45. The van der Waals surface area contributed by atoms with Crippen molar-refractivity contribution in [2.75, 3.05) is 13.1 Å². The highest BCUT2D eigenvalue weighted by molar-refractivity contribution is 5.81. The summed E-state index contributed by atoms with van der Waals surface area (Å²) in [5, 5.41) is 2.59. The molecule has 0 aliphatic carbocycles. The van der Waals surface area contributed by atoms with E-state index in [0.29, 0.717) is 13.1 Å². The topological polar surface area (TPSA) is 32.3 Å². The number of nitrogens with zero attached hydrogens (tertiary/aromatic N) is 1. The number of carbonyl (C=O) groups excluding carboxylic acids is 1. The SMILES string of the molecule is CCN(CC)C(=O)C(C)NC(C)C(F)F. The first-order valence-electron chi connectivity index (χ1n) is 5.26. The molecule has 2 atom stereocenters. The van der Waals surface area contributed by atoms with Crippen LogP contribution < -0.4 is 5.32 Å². The second kappa shape index (κ2) is 6.71. The lowest BCUT2D eigenvalue weighted by molar-refractivity contribution is -0.133. The normalized spacial score (nSPS) is 15.1. The van der Waals surface area contributed by atoms with Gasteiger partial charge >= 0.3 is 0 Å². The number of hydrogen-bond donors (Lipinski definition) is 1. The number of carbonyl (C=O) groups is 1. The molecule has 0 aromatic rings. The number of rotatable bonds is 6. The molecule has 0 heterocycles. The quantitative estimate of drug-likeness (QED) is 0.738. The molecular weight excluding hydrogens is 202 g/mol. The van der Waals surface area contributed by atoms with Crippen molar-refractivity contribution in [2.24, 2.45) is 0 Å². The summed E-state index contributed by atoms with van der Waals surface area (Å²) in [6.07, 6.45) is -2.45. The number of hydrogen-bond acceptors (Lipinski definition) is 2. The van der Waals surface area contributed by atoms with Crippen LogP contribution in [0, 0.1) is 0 Å². The second-order valence-electron chi connectivity index (χ2n) is 3.52. The maximum atomic E-state index is 12.2. The number of alkyl halides is 2. The zero-order valence-electron chi connectivity index (χ0n) is 9.76. The van der Waals surface area contributed by atoms with Crippen LogP contribution in [0.2, 0.25) is 0 Å². The molecule has 90 valence electrons. The van der Waals surface area contributed by atoms with Gasteiger partial charge < -0.3 is 4.90 Å². The molecular formula is C10H20F2N2O. The smallest absolute Gasteiger partial charge is 0.253 e. The molecule has 0 rings (SSSR count). The van der Waals surface area contributed by atoms with Gasteiger partial charge in [-0.1, -0.05) is 0 Å². The lowest BCUT2D eigenvalue weighted by Crippen LogP contribution is -2.49. The minimum Gasteiger partial charge on any atom is -0.342 e. The van der Waals surface area contributed by atoms with Crippen molar-refractivity contribution >= 4 is 5.91 Å². The zero-order chi connectivity index (χ0) is 12.0. The standard InChI is InChI=1S/C10H20F2N2O/c1-5-14(6-2)10(15)8(4)13-7(3)9(11)12/h7-9,13H,5-6H2,1-4H3. The fourth-order valence-corrected chi connectivity index (χ4v) is 1.35. The third-order valence-electron chi connectivity index (χ3n) is 2.34. The fraction of sp³-hybridized carbons (Fsp3) is 0.900. The molecule has 0 spiro atoms. The predicted molar refractivity (Wildman–Crippen MR) is 56.0 cm³/mol. The third kappa shape index (κ3) is 4.55. The molecule has 0 aliphatic heterocycles. The van der Waals surface area contributed by atoms with Crippen LogP contribution in [0.1, 0.15) is 27.7 Å². The summed E-state index contributed by atoms with van der Waals surface area (Å²) >= 11 is 0. The van der Waals surface area contributed by atoms with E-state index in [1.807, 2.05) is 13.8 Å². The van der Waals surface area contributed by atoms with E-state index in [1.54, 1.807) is 11.8 Å². The minimum absolute atomic E-state index is 0.132. The third-order valence-corrected chi connectivity index (χ3v) is 2.34. The van der Waals surface area contributed by atoms with Crippen molar-refractivity contribution in [2.45, 2.75) is 46.2 Å². The Morgan fingerprint density at radius 2 is 1.73 bits per heavy atom. The molecule has 0 bridgehead atoms. The summed E-state index contributed by atoms with van der Waals surface area (Å²) in [7, 11) is 0. The first-order valence-corrected chi connectivity index (χ1v) is 5.26. The molecule has 3 nitrogen and oxygen atoms in total. The average molecular weight is 222 g/mol. The van der Waals surface area contributed by atoms with Crippen molar-refractivity contribution in [3.63, 3.8) is 0 Å². The van der Waals surface area contributed by atoms with Gasteiger partial charge in [-0.3, -0.25) is 10.1 Å². The van der Waals surface area contributed by atoms with E-state index in [0.717, 1.165) is 0 Å². The van der Waals surface area contributed by atoms with E-state index in [9.17, 15) is 13.6 Å². The number of amides is 1. The van der Waals surface area contributed by atoms with E-state index >= 15 is 0 Å². The number of nitrogens with one attached hydrogen (secondary N) is 1. The van der Waals surface area contributed by atoms with Gasteiger partial charge in [0, 0.05) is 13.1 Å². The Labute approximate surface area is 89.8 Å². The van der Waals surface area contributed by atoms with Gasteiger partial charge in [-0.05, 0) is 27.7 Å². The van der Waals surface area contributed by atoms with Gasteiger partial charge in [0.2, 0.25) is 5.91 Å². The Balaban J connectivity index is 4.20. The van der Waals surface area contributed by atoms with E-state index < -0.39 is 18.5 Å². The molecule has 5 heteroatoms. The van der Waals surface area contributed by atoms with Gasteiger partial charge in [0.25, 0.3) is 6.43 Å². The van der Waals surface area contributed by atoms with Gasteiger partial charge in [0.1, 0.15) is 0 Å². The summed E-state index contributed by atoms with van der Waals surface area (Å²) in [4.78, 5) is 13.3. The van der Waals surface area contributed by atoms with Crippen molar-refractivity contribution in [3.8, 4) is 0 Å². The second-order valence-corrected chi connectivity index (χ2v) is 3.52. The van der Waals surface area contributed by atoms with E-state index in [4.69, 9.17) is 0 Å². The van der Waals surface area contributed by atoms with Crippen LogP contribution in [0.5, 0.6) is 0 Å². The molecule has 2 unspecified atom stereocenters. The largest absolute Gasteiger partial charge is 0.342 e. The van der Waals surface area contributed by atoms with Gasteiger partial charge in [0.15, 0.2) is 0 Å². The Morgan fingerprint density at radius 3 is 2.07 bits per heavy atom. The van der Waals surface area contributed by atoms with Crippen LogP contribution >= 0.6 is 0 Å². The van der Waals surface area contributed by atoms with Gasteiger partial charge in [0.05, 0.1) is 12.1 Å². The Morgan fingerprint density at radius 1 is 1.27 bits per heavy atom. The summed E-state index contributed by atoms with van der Waals surface area (Å²) in [5.41, 5.74) is 0. The predicted octanol–water partition coefficient (Wildman–Crippen LogP) is 1.49. The van der Waals surface area contributed by atoms with E-state index in [2.05, 4.69) is 5.32 Å². The van der Waals surface area contributed by atoms with Crippen LogP contribution in [0.3, 0.4) is 0 Å². The lowest BCUT2D eigenvalue weighted by Gasteiger charge is -2.25. The van der Waals surface area contributed by atoms with Crippen molar-refractivity contribution in [3.05, 3.63) is 0 Å². The van der Waals surface area contributed by atoms with Crippen LogP contribution in [0.25, 0.3) is 0 Å². The monoisotopic (exact) mass is 222 g/mol. The zero-order valence-corrected chi connectivity index (χ0v) is 9.76. The molecule has 15 heavy (non-hydrogen) atoms. The van der Waals surface area contributed by atoms with Gasteiger partial charge in [-0.25, -0.2) is 8.78 Å². The van der Waals surface area contributed by atoms with Crippen LogP contribution in [-0.2, 0) is 4.79 Å². The molecule has 0 fully saturated rings.